The van der Waals surface area contributed by atoms with E-state index in [-0.39, 0.29) is 11.3 Å². The Morgan fingerprint density at radius 3 is 2.76 bits per heavy atom. The Kier molecular flexibility index (Phi) is 4.10. The lowest BCUT2D eigenvalue weighted by Gasteiger charge is -2.07. The monoisotopic (exact) mass is 330 g/mol. The predicted octanol–water partition coefficient (Wildman–Crippen LogP) is 2.44. The van der Waals surface area contributed by atoms with Crippen LogP contribution in [-0.4, -0.2) is 25.7 Å². The van der Waals surface area contributed by atoms with Crippen molar-refractivity contribution in [1.29, 1.82) is 10.5 Å². The lowest BCUT2D eigenvalue weighted by molar-refractivity contribution is 0.0690. The van der Waals surface area contributed by atoms with Crippen molar-refractivity contribution in [1.82, 2.24) is 14.6 Å². The van der Waals surface area contributed by atoms with E-state index in [1.165, 1.54) is 16.8 Å². The first kappa shape index (κ1) is 15.7. The summed E-state index contributed by atoms with van der Waals surface area (Å²) in [7, 11) is 0. The van der Waals surface area contributed by atoms with E-state index in [0.717, 1.165) is 5.56 Å². The topological polar surface area (TPSA) is 127 Å². The number of anilines is 1. The SMILES string of the molecule is N#CC(C#N)=CNc1cccc(-c2ccnc3cc(C(=O)O)nn23)c1. The second-order valence-corrected chi connectivity index (χ2v) is 4.94. The second kappa shape index (κ2) is 6.52. The minimum atomic E-state index is -1.13. The molecule has 8 nitrogen and oxygen atoms in total. The molecule has 0 aliphatic heterocycles. The van der Waals surface area contributed by atoms with E-state index in [2.05, 4.69) is 15.4 Å². The number of aromatic carboxylic acids is 1. The Balaban J connectivity index is 2.03. The fourth-order valence-corrected chi connectivity index (χ4v) is 2.23. The number of nitrogens with zero attached hydrogens (tertiary/aromatic N) is 5. The van der Waals surface area contributed by atoms with Crippen LogP contribution in [0.4, 0.5) is 5.69 Å². The quantitative estimate of drug-likeness (QED) is 0.703. The lowest BCUT2D eigenvalue weighted by Crippen LogP contribution is -2.00. The number of carbonyl (C=O) groups is 1. The van der Waals surface area contributed by atoms with Gasteiger partial charge in [-0.15, -0.1) is 0 Å². The fourth-order valence-electron chi connectivity index (χ4n) is 2.23. The highest BCUT2D eigenvalue weighted by molar-refractivity contribution is 5.87. The van der Waals surface area contributed by atoms with Crippen LogP contribution in [0.1, 0.15) is 10.5 Å². The summed E-state index contributed by atoms with van der Waals surface area (Å²) in [6.07, 6.45) is 2.89. The van der Waals surface area contributed by atoms with Crippen LogP contribution in [-0.2, 0) is 0 Å². The zero-order chi connectivity index (χ0) is 17.8. The second-order valence-electron chi connectivity index (χ2n) is 4.94. The third-order valence-electron chi connectivity index (χ3n) is 3.36. The van der Waals surface area contributed by atoms with Gasteiger partial charge in [0, 0.05) is 29.7 Å². The summed E-state index contributed by atoms with van der Waals surface area (Å²) in [5.41, 5.74) is 2.37. The number of allylic oxidation sites excluding steroid dienone is 1. The maximum atomic E-state index is 11.1. The summed E-state index contributed by atoms with van der Waals surface area (Å²) < 4.78 is 1.45. The third kappa shape index (κ3) is 3.14. The van der Waals surface area contributed by atoms with Crippen LogP contribution in [0.25, 0.3) is 16.9 Å². The van der Waals surface area contributed by atoms with Gasteiger partial charge in [0.25, 0.3) is 0 Å². The average Bonchev–Trinajstić information content (AvgIpc) is 3.07. The summed E-state index contributed by atoms with van der Waals surface area (Å²) in [6, 6.07) is 13.8. The molecule has 0 atom stereocenters. The van der Waals surface area contributed by atoms with E-state index >= 15 is 0 Å². The van der Waals surface area contributed by atoms with Gasteiger partial charge in [0.1, 0.15) is 17.7 Å². The van der Waals surface area contributed by atoms with Crippen LogP contribution >= 0.6 is 0 Å². The fraction of sp³-hybridized carbons (Fsp3) is 0. The van der Waals surface area contributed by atoms with Gasteiger partial charge >= 0.3 is 5.97 Å². The summed E-state index contributed by atoms with van der Waals surface area (Å²) in [5.74, 6) is -1.13. The van der Waals surface area contributed by atoms with Crippen molar-refractivity contribution < 1.29 is 9.90 Å². The Morgan fingerprint density at radius 1 is 1.24 bits per heavy atom. The number of hydrogen-bond donors (Lipinski definition) is 2. The van der Waals surface area contributed by atoms with Gasteiger partial charge < -0.3 is 10.4 Å². The van der Waals surface area contributed by atoms with E-state index in [1.807, 2.05) is 6.07 Å². The van der Waals surface area contributed by atoms with Crippen LogP contribution < -0.4 is 5.32 Å². The molecule has 1 aromatic carbocycles. The lowest BCUT2D eigenvalue weighted by atomic mass is 10.1. The molecule has 0 unspecified atom stereocenters. The first-order valence-corrected chi connectivity index (χ1v) is 7.08. The van der Waals surface area contributed by atoms with Crippen LogP contribution in [0.5, 0.6) is 0 Å². The number of nitrogens with one attached hydrogen (secondary N) is 1. The van der Waals surface area contributed by atoms with E-state index in [4.69, 9.17) is 15.6 Å². The highest BCUT2D eigenvalue weighted by atomic mass is 16.4. The zero-order valence-corrected chi connectivity index (χ0v) is 12.7. The number of aromatic nitrogens is 3. The van der Waals surface area contributed by atoms with Crippen molar-refractivity contribution >= 4 is 17.3 Å². The molecule has 2 N–H and O–H groups in total. The highest BCUT2D eigenvalue weighted by Gasteiger charge is 2.12. The van der Waals surface area contributed by atoms with E-state index in [9.17, 15) is 4.79 Å². The van der Waals surface area contributed by atoms with Gasteiger partial charge in [-0.05, 0) is 18.2 Å². The van der Waals surface area contributed by atoms with Gasteiger partial charge in [-0.2, -0.15) is 15.6 Å². The standard InChI is InChI=1S/C17H10N6O2/c18-8-11(9-19)10-21-13-3-1-2-12(6-13)15-4-5-20-16-7-14(17(24)25)22-23(15)16/h1-7,10,21H,(H,24,25). The van der Waals surface area contributed by atoms with E-state index < -0.39 is 5.97 Å². The van der Waals surface area contributed by atoms with Crippen molar-refractivity contribution in [3.05, 3.63) is 60.1 Å². The smallest absolute Gasteiger partial charge is 0.356 e. The van der Waals surface area contributed by atoms with Gasteiger partial charge in [-0.1, -0.05) is 12.1 Å². The van der Waals surface area contributed by atoms with Crippen molar-refractivity contribution in [3.63, 3.8) is 0 Å². The number of carboxylic acid groups (broad SMARTS) is 1. The maximum absolute atomic E-state index is 11.1. The number of hydrogen-bond acceptors (Lipinski definition) is 6. The van der Waals surface area contributed by atoms with Crippen molar-refractivity contribution in [2.45, 2.75) is 0 Å². The third-order valence-corrected chi connectivity index (χ3v) is 3.36. The number of nitriles is 2. The number of fused-ring (bicyclic) bond motifs is 1. The predicted molar refractivity (Wildman–Crippen MR) is 88.3 cm³/mol. The minimum absolute atomic E-state index is 0.0464. The molecule has 0 aliphatic rings. The molecule has 0 amide bonds. The summed E-state index contributed by atoms with van der Waals surface area (Å²) in [4.78, 5) is 15.2. The molecule has 3 aromatic rings. The Bertz CT molecular complexity index is 1070. The molecule has 0 saturated carbocycles. The Labute approximate surface area is 141 Å². The normalized spacial score (nSPS) is 9.84. The number of carboxylic acids is 1. The molecule has 0 fully saturated rings. The van der Waals surface area contributed by atoms with Crippen molar-refractivity contribution in [2.75, 3.05) is 5.32 Å². The molecule has 0 spiro atoms. The molecular weight excluding hydrogens is 320 g/mol. The van der Waals surface area contributed by atoms with Gasteiger partial charge in [0.15, 0.2) is 11.3 Å². The number of rotatable bonds is 4. The molecule has 25 heavy (non-hydrogen) atoms. The van der Waals surface area contributed by atoms with E-state index in [0.29, 0.717) is 17.0 Å². The van der Waals surface area contributed by atoms with Gasteiger partial charge in [-0.3, -0.25) is 0 Å². The number of benzene rings is 1. The highest BCUT2D eigenvalue weighted by Crippen LogP contribution is 2.23. The molecule has 0 radical (unpaired) electrons. The van der Waals surface area contributed by atoms with Crippen molar-refractivity contribution in [3.8, 4) is 23.4 Å². The van der Waals surface area contributed by atoms with Gasteiger partial charge in [-0.25, -0.2) is 14.3 Å². The molecule has 3 rings (SSSR count). The molecule has 0 saturated heterocycles. The molecule has 2 heterocycles. The van der Waals surface area contributed by atoms with Gasteiger partial charge in [0.2, 0.25) is 0 Å². The van der Waals surface area contributed by atoms with Crippen molar-refractivity contribution in [2.24, 2.45) is 0 Å². The summed E-state index contributed by atoms with van der Waals surface area (Å²) >= 11 is 0. The Morgan fingerprint density at radius 2 is 2.04 bits per heavy atom. The summed E-state index contributed by atoms with van der Waals surface area (Å²) in [5, 5.41) is 33.5. The largest absolute Gasteiger partial charge is 0.476 e. The van der Waals surface area contributed by atoms with Crippen LogP contribution in [0, 0.1) is 22.7 Å². The van der Waals surface area contributed by atoms with E-state index in [1.54, 1.807) is 42.6 Å². The van der Waals surface area contributed by atoms with Gasteiger partial charge in [0.05, 0.1) is 5.69 Å². The first-order valence-electron chi connectivity index (χ1n) is 7.08. The average molecular weight is 330 g/mol. The minimum Gasteiger partial charge on any atom is -0.476 e. The first-order chi connectivity index (χ1) is 12.1. The zero-order valence-electron chi connectivity index (χ0n) is 12.7. The molecule has 0 bridgehead atoms. The van der Waals surface area contributed by atoms with Crippen LogP contribution in [0.3, 0.4) is 0 Å². The molecule has 0 aliphatic carbocycles. The molecule has 8 heteroatoms. The molecular formula is C17H10N6O2. The molecule has 120 valence electrons. The Hall–Kier alpha value is -4.17. The van der Waals surface area contributed by atoms with Crippen LogP contribution in [0.2, 0.25) is 0 Å². The maximum Gasteiger partial charge on any atom is 0.356 e. The summed E-state index contributed by atoms with van der Waals surface area (Å²) in [6.45, 7) is 0. The molecule has 2 aromatic heterocycles. The van der Waals surface area contributed by atoms with Crippen LogP contribution in [0.15, 0.2) is 54.4 Å².